The number of ether oxygens (including phenoxy) is 2. The highest BCUT2D eigenvalue weighted by atomic mass is 16.5. The SMILES string of the molecule is COCCOCC(O)CN1CC(C)C(C(=O)O)C1. The number of likely N-dealkylation sites (tertiary alicyclic amines) is 1. The van der Waals surface area contributed by atoms with Gasteiger partial charge in [-0.05, 0) is 5.92 Å². The zero-order valence-electron chi connectivity index (χ0n) is 11.0. The summed E-state index contributed by atoms with van der Waals surface area (Å²) in [6, 6.07) is 0. The maximum absolute atomic E-state index is 11.0. The van der Waals surface area contributed by atoms with E-state index in [1.165, 1.54) is 0 Å². The molecule has 0 bridgehead atoms. The summed E-state index contributed by atoms with van der Waals surface area (Å²) in [4.78, 5) is 12.9. The third-order valence-electron chi connectivity index (χ3n) is 3.22. The van der Waals surface area contributed by atoms with E-state index < -0.39 is 12.1 Å². The van der Waals surface area contributed by atoms with Gasteiger partial charge in [0, 0.05) is 26.7 Å². The lowest BCUT2D eigenvalue weighted by atomic mass is 9.99. The summed E-state index contributed by atoms with van der Waals surface area (Å²) in [5.74, 6) is -0.952. The minimum absolute atomic E-state index is 0.129. The minimum atomic E-state index is -0.754. The molecule has 1 aliphatic heterocycles. The van der Waals surface area contributed by atoms with Gasteiger partial charge in [-0.1, -0.05) is 6.92 Å². The standard InChI is InChI=1S/C12H23NO5/c1-9-5-13(7-11(9)12(15)16)6-10(14)8-18-4-3-17-2/h9-11,14H,3-8H2,1-2H3,(H,15,16). The quantitative estimate of drug-likeness (QED) is 0.582. The summed E-state index contributed by atoms with van der Waals surface area (Å²) >= 11 is 0. The first-order chi connectivity index (χ1) is 8.54. The van der Waals surface area contributed by atoms with Gasteiger partial charge < -0.3 is 19.7 Å². The Bertz CT molecular complexity index is 261. The molecule has 6 heteroatoms. The number of aliphatic hydroxyl groups is 1. The zero-order valence-corrected chi connectivity index (χ0v) is 11.0. The summed E-state index contributed by atoms with van der Waals surface area (Å²) in [5.41, 5.74) is 0. The second-order valence-electron chi connectivity index (χ2n) is 4.86. The van der Waals surface area contributed by atoms with Gasteiger partial charge in [-0.25, -0.2) is 0 Å². The Balaban J connectivity index is 2.21. The van der Waals surface area contributed by atoms with Crippen molar-refractivity contribution in [3.8, 4) is 0 Å². The second kappa shape index (κ2) is 7.68. The maximum Gasteiger partial charge on any atom is 0.308 e. The van der Waals surface area contributed by atoms with Crippen molar-refractivity contribution in [2.45, 2.75) is 13.0 Å². The number of carbonyl (C=O) groups is 1. The Labute approximate surface area is 107 Å². The van der Waals surface area contributed by atoms with Gasteiger partial charge in [-0.15, -0.1) is 0 Å². The minimum Gasteiger partial charge on any atom is -0.481 e. The molecule has 1 rings (SSSR count). The first-order valence-electron chi connectivity index (χ1n) is 6.24. The van der Waals surface area contributed by atoms with Crippen LogP contribution in [0.4, 0.5) is 0 Å². The molecule has 0 aromatic heterocycles. The summed E-state index contributed by atoms with van der Waals surface area (Å²) < 4.78 is 10.1. The molecule has 0 aliphatic carbocycles. The summed E-state index contributed by atoms with van der Waals surface area (Å²) in [7, 11) is 1.59. The summed E-state index contributed by atoms with van der Waals surface area (Å²) in [6.45, 7) is 4.83. The largest absolute Gasteiger partial charge is 0.481 e. The van der Waals surface area contributed by atoms with E-state index in [0.717, 1.165) is 0 Å². The van der Waals surface area contributed by atoms with Crippen LogP contribution in [-0.4, -0.2) is 73.8 Å². The van der Waals surface area contributed by atoms with Crippen molar-refractivity contribution in [1.29, 1.82) is 0 Å². The van der Waals surface area contributed by atoms with Gasteiger partial charge in [0.15, 0.2) is 0 Å². The number of hydrogen-bond acceptors (Lipinski definition) is 5. The number of hydrogen-bond donors (Lipinski definition) is 2. The van der Waals surface area contributed by atoms with Gasteiger partial charge in [0.1, 0.15) is 0 Å². The molecule has 18 heavy (non-hydrogen) atoms. The molecular weight excluding hydrogens is 238 g/mol. The Morgan fingerprint density at radius 1 is 1.44 bits per heavy atom. The fraction of sp³-hybridized carbons (Fsp3) is 0.917. The number of aliphatic hydroxyl groups excluding tert-OH is 1. The molecule has 0 aromatic carbocycles. The molecule has 3 atom stereocenters. The lowest BCUT2D eigenvalue weighted by Gasteiger charge is -2.19. The fourth-order valence-corrected chi connectivity index (χ4v) is 2.25. The zero-order chi connectivity index (χ0) is 13.5. The van der Waals surface area contributed by atoms with Crippen molar-refractivity contribution in [1.82, 2.24) is 4.90 Å². The van der Waals surface area contributed by atoms with E-state index >= 15 is 0 Å². The van der Waals surface area contributed by atoms with Crippen LogP contribution in [0.3, 0.4) is 0 Å². The predicted molar refractivity (Wildman–Crippen MR) is 65.4 cm³/mol. The van der Waals surface area contributed by atoms with Gasteiger partial charge in [-0.3, -0.25) is 9.69 Å². The topological polar surface area (TPSA) is 79.2 Å². The molecule has 2 N–H and O–H groups in total. The highest BCUT2D eigenvalue weighted by Crippen LogP contribution is 2.23. The number of methoxy groups -OCH3 is 1. The summed E-state index contributed by atoms with van der Waals surface area (Å²) in [6.07, 6.45) is -0.582. The first kappa shape index (κ1) is 15.4. The van der Waals surface area contributed by atoms with Crippen LogP contribution >= 0.6 is 0 Å². The van der Waals surface area contributed by atoms with Crippen LogP contribution in [0, 0.1) is 11.8 Å². The van der Waals surface area contributed by atoms with E-state index in [2.05, 4.69) is 0 Å². The normalized spacial score (nSPS) is 26.4. The number of nitrogens with zero attached hydrogens (tertiary/aromatic N) is 1. The molecule has 0 spiro atoms. The lowest BCUT2D eigenvalue weighted by Crippen LogP contribution is -2.34. The monoisotopic (exact) mass is 261 g/mol. The van der Waals surface area contributed by atoms with E-state index in [1.807, 2.05) is 11.8 Å². The smallest absolute Gasteiger partial charge is 0.308 e. The van der Waals surface area contributed by atoms with Gasteiger partial charge in [0.2, 0.25) is 0 Å². The van der Waals surface area contributed by atoms with Crippen LogP contribution in [0.5, 0.6) is 0 Å². The van der Waals surface area contributed by atoms with Gasteiger partial charge in [-0.2, -0.15) is 0 Å². The number of β-amino-alcohol motifs (C(OH)–C–C–N with tert-alkyl or cyclic N) is 1. The molecule has 106 valence electrons. The van der Waals surface area contributed by atoms with Crippen LogP contribution < -0.4 is 0 Å². The van der Waals surface area contributed by atoms with E-state index in [-0.39, 0.29) is 18.4 Å². The molecule has 0 aromatic rings. The molecule has 1 saturated heterocycles. The molecular formula is C12H23NO5. The van der Waals surface area contributed by atoms with Crippen molar-refractivity contribution in [3.05, 3.63) is 0 Å². The molecule has 1 fully saturated rings. The Kier molecular flexibility index (Phi) is 6.56. The molecule has 1 aliphatic rings. The Morgan fingerprint density at radius 2 is 2.17 bits per heavy atom. The first-order valence-corrected chi connectivity index (χ1v) is 6.24. The van der Waals surface area contributed by atoms with Crippen LogP contribution in [0.15, 0.2) is 0 Å². The number of carboxylic acids is 1. The van der Waals surface area contributed by atoms with Crippen LogP contribution in [0.2, 0.25) is 0 Å². The highest BCUT2D eigenvalue weighted by Gasteiger charge is 2.35. The van der Waals surface area contributed by atoms with E-state index in [0.29, 0.717) is 32.8 Å². The van der Waals surface area contributed by atoms with Crippen molar-refractivity contribution in [3.63, 3.8) is 0 Å². The van der Waals surface area contributed by atoms with Crippen molar-refractivity contribution >= 4 is 5.97 Å². The van der Waals surface area contributed by atoms with Crippen LogP contribution in [0.25, 0.3) is 0 Å². The van der Waals surface area contributed by atoms with Crippen molar-refractivity contribution < 1.29 is 24.5 Å². The Hall–Kier alpha value is -0.690. The third kappa shape index (κ3) is 4.89. The second-order valence-corrected chi connectivity index (χ2v) is 4.86. The lowest BCUT2D eigenvalue weighted by molar-refractivity contribution is -0.142. The highest BCUT2D eigenvalue weighted by molar-refractivity contribution is 5.71. The molecule has 0 saturated carbocycles. The van der Waals surface area contributed by atoms with E-state index in [4.69, 9.17) is 14.6 Å². The number of aliphatic carboxylic acids is 1. The summed E-state index contributed by atoms with van der Waals surface area (Å²) in [5, 5.41) is 18.8. The third-order valence-corrected chi connectivity index (χ3v) is 3.22. The van der Waals surface area contributed by atoms with Gasteiger partial charge in [0.25, 0.3) is 0 Å². The Morgan fingerprint density at radius 3 is 2.72 bits per heavy atom. The van der Waals surface area contributed by atoms with Gasteiger partial charge >= 0.3 is 5.97 Å². The molecule has 0 amide bonds. The molecule has 3 unspecified atom stereocenters. The van der Waals surface area contributed by atoms with E-state index in [9.17, 15) is 9.90 Å². The average molecular weight is 261 g/mol. The van der Waals surface area contributed by atoms with Crippen LogP contribution in [-0.2, 0) is 14.3 Å². The fourth-order valence-electron chi connectivity index (χ4n) is 2.25. The van der Waals surface area contributed by atoms with Crippen LogP contribution in [0.1, 0.15) is 6.92 Å². The van der Waals surface area contributed by atoms with Crippen molar-refractivity contribution in [2.24, 2.45) is 11.8 Å². The van der Waals surface area contributed by atoms with Gasteiger partial charge in [0.05, 0.1) is 31.8 Å². The predicted octanol–water partition coefficient (Wildman–Crippen LogP) is -0.337. The molecule has 6 nitrogen and oxygen atoms in total. The maximum atomic E-state index is 11.0. The van der Waals surface area contributed by atoms with E-state index in [1.54, 1.807) is 7.11 Å². The van der Waals surface area contributed by atoms with Crippen molar-refractivity contribution in [2.75, 3.05) is 46.6 Å². The molecule has 0 radical (unpaired) electrons. The molecule has 1 heterocycles. The average Bonchev–Trinajstić information content (AvgIpc) is 2.66. The number of carboxylic acid groups (broad SMARTS) is 1. The number of rotatable bonds is 8.